The first-order chi connectivity index (χ1) is 8.33. The Morgan fingerprint density at radius 2 is 2.06 bits per heavy atom. The second-order valence-corrected chi connectivity index (χ2v) is 5.55. The largest absolute Gasteiger partial charge is 0.378 e. The van der Waals surface area contributed by atoms with Gasteiger partial charge in [0.2, 0.25) is 0 Å². The maximum atomic E-state index is 5.83. The Kier molecular flexibility index (Phi) is 8.37. The fourth-order valence-corrected chi connectivity index (χ4v) is 2.63. The molecule has 0 aliphatic rings. The molecule has 98 valence electrons. The van der Waals surface area contributed by atoms with E-state index in [1.54, 1.807) is 11.3 Å². The van der Waals surface area contributed by atoms with E-state index in [1.807, 2.05) is 0 Å². The third-order valence-electron chi connectivity index (χ3n) is 3.09. The predicted molar refractivity (Wildman–Crippen MR) is 76.8 cm³/mol. The molecule has 1 rings (SSSR count). The van der Waals surface area contributed by atoms with Crippen LogP contribution < -0.4 is 0 Å². The Morgan fingerprint density at radius 3 is 2.76 bits per heavy atom. The summed E-state index contributed by atoms with van der Waals surface area (Å²) in [5.41, 5.74) is 1.41. The molecule has 0 fully saturated rings. The van der Waals surface area contributed by atoms with Gasteiger partial charge in [-0.2, -0.15) is 11.3 Å². The van der Waals surface area contributed by atoms with Gasteiger partial charge in [-0.05, 0) is 42.2 Å². The summed E-state index contributed by atoms with van der Waals surface area (Å²) in [7, 11) is 0. The van der Waals surface area contributed by atoms with E-state index < -0.39 is 0 Å². The Hall–Kier alpha value is -0.340. The van der Waals surface area contributed by atoms with Crippen LogP contribution in [0.25, 0.3) is 0 Å². The van der Waals surface area contributed by atoms with E-state index in [0.717, 1.165) is 13.0 Å². The van der Waals surface area contributed by atoms with Gasteiger partial charge in [-0.15, -0.1) is 0 Å². The first kappa shape index (κ1) is 14.7. The van der Waals surface area contributed by atoms with Crippen molar-refractivity contribution in [3.63, 3.8) is 0 Å². The number of hydrogen-bond donors (Lipinski definition) is 0. The van der Waals surface area contributed by atoms with Crippen LogP contribution in [0.5, 0.6) is 0 Å². The zero-order valence-electron chi connectivity index (χ0n) is 11.3. The van der Waals surface area contributed by atoms with Crippen molar-refractivity contribution in [3.8, 4) is 0 Å². The lowest BCUT2D eigenvalue weighted by molar-refractivity contribution is 0.0607. The first-order valence-corrected chi connectivity index (χ1v) is 7.90. The average Bonchev–Trinajstić information content (AvgIpc) is 2.82. The monoisotopic (exact) mass is 254 g/mol. The molecule has 0 radical (unpaired) electrons. The van der Waals surface area contributed by atoms with Crippen LogP contribution in [0, 0.1) is 0 Å². The molecule has 1 heterocycles. The van der Waals surface area contributed by atoms with E-state index in [-0.39, 0.29) is 0 Å². The lowest BCUT2D eigenvalue weighted by Gasteiger charge is -2.12. The summed E-state index contributed by atoms with van der Waals surface area (Å²) in [5, 5.41) is 4.34. The molecule has 0 spiro atoms. The number of rotatable bonds is 10. The molecule has 1 unspecified atom stereocenters. The SMILES string of the molecule is CCCCCCCC(C)OCCc1ccsc1. The summed E-state index contributed by atoms with van der Waals surface area (Å²) in [5.74, 6) is 0. The van der Waals surface area contributed by atoms with Gasteiger partial charge in [-0.25, -0.2) is 0 Å². The number of hydrogen-bond acceptors (Lipinski definition) is 2. The van der Waals surface area contributed by atoms with Crippen LogP contribution in [0.2, 0.25) is 0 Å². The van der Waals surface area contributed by atoms with Crippen LogP contribution in [0.4, 0.5) is 0 Å². The van der Waals surface area contributed by atoms with Crippen molar-refractivity contribution in [1.82, 2.24) is 0 Å². The zero-order chi connectivity index (χ0) is 12.3. The molecule has 0 bridgehead atoms. The van der Waals surface area contributed by atoms with Gasteiger partial charge in [0.25, 0.3) is 0 Å². The Labute approximate surface area is 110 Å². The van der Waals surface area contributed by atoms with Gasteiger partial charge >= 0.3 is 0 Å². The molecule has 0 saturated carbocycles. The fraction of sp³-hybridized carbons (Fsp3) is 0.733. The Morgan fingerprint density at radius 1 is 1.24 bits per heavy atom. The van der Waals surface area contributed by atoms with E-state index in [2.05, 4.69) is 30.7 Å². The van der Waals surface area contributed by atoms with E-state index in [4.69, 9.17) is 4.74 Å². The normalized spacial score (nSPS) is 12.8. The van der Waals surface area contributed by atoms with Crippen LogP contribution >= 0.6 is 11.3 Å². The average molecular weight is 254 g/mol. The lowest BCUT2D eigenvalue weighted by atomic mass is 10.1. The Bertz CT molecular complexity index is 256. The number of ether oxygens (including phenoxy) is 1. The summed E-state index contributed by atoms with van der Waals surface area (Å²) in [4.78, 5) is 0. The molecule has 0 amide bonds. The standard InChI is InChI=1S/C15H26OS/c1-3-4-5-6-7-8-14(2)16-11-9-15-10-12-17-13-15/h10,12-14H,3-9,11H2,1-2H3. The van der Waals surface area contributed by atoms with Gasteiger partial charge in [-0.3, -0.25) is 0 Å². The first-order valence-electron chi connectivity index (χ1n) is 6.95. The number of thiophene rings is 1. The van der Waals surface area contributed by atoms with Crippen molar-refractivity contribution in [2.24, 2.45) is 0 Å². The minimum absolute atomic E-state index is 0.426. The molecule has 2 heteroatoms. The van der Waals surface area contributed by atoms with Crippen LogP contribution in [0.3, 0.4) is 0 Å². The fourth-order valence-electron chi connectivity index (χ4n) is 1.93. The minimum atomic E-state index is 0.426. The van der Waals surface area contributed by atoms with E-state index in [0.29, 0.717) is 6.10 Å². The van der Waals surface area contributed by atoms with Gasteiger partial charge in [0, 0.05) is 0 Å². The zero-order valence-corrected chi connectivity index (χ0v) is 12.1. The topological polar surface area (TPSA) is 9.23 Å². The third kappa shape index (κ3) is 7.56. The highest BCUT2D eigenvalue weighted by molar-refractivity contribution is 7.07. The lowest BCUT2D eigenvalue weighted by Crippen LogP contribution is -2.10. The summed E-state index contributed by atoms with van der Waals surface area (Å²) >= 11 is 1.76. The van der Waals surface area contributed by atoms with Crippen molar-refractivity contribution >= 4 is 11.3 Å². The van der Waals surface area contributed by atoms with Crippen LogP contribution in [-0.4, -0.2) is 12.7 Å². The van der Waals surface area contributed by atoms with Crippen molar-refractivity contribution in [3.05, 3.63) is 22.4 Å². The molecular formula is C15H26OS. The van der Waals surface area contributed by atoms with Crippen molar-refractivity contribution in [2.45, 2.75) is 64.9 Å². The highest BCUT2D eigenvalue weighted by atomic mass is 32.1. The minimum Gasteiger partial charge on any atom is -0.378 e. The third-order valence-corrected chi connectivity index (χ3v) is 3.82. The van der Waals surface area contributed by atoms with Crippen molar-refractivity contribution in [1.29, 1.82) is 0 Å². The summed E-state index contributed by atoms with van der Waals surface area (Å²) < 4.78 is 5.83. The molecule has 1 atom stereocenters. The summed E-state index contributed by atoms with van der Waals surface area (Å²) in [6, 6.07) is 2.18. The maximum Gasteiger partial charge on any atom is 0.0547 e. The molecule has 0 aliphatic carbocycles. The van der Waals surface area contributed by atoms with Crippen molar-refractivity contribution < 1.29 is 4.74 Å². The van der Waals surface area contributed by atoms with E-state index in [1.165, 1.54) is 44.1 Å². The molecule has 1 aromatic rings. The maximum absolute atomic E-state index is 5.83. The van der Waals surface area contributed by atoms with Gasteiger partial charge in [-0.1, -0.05) is 39.0 Å². The van der Waals surface area contributed by atoms with Gasteiger partial charge in [0.05, 0.1) is 12.7 Å². The van der Waals surface area contributed by atoms with Crippen LogP contribution in [-0.2, 0) is 11.2 Å². The highest BCUT2D eigenvalue weighted by Gasteiger charge is 2.02. The quantitative estimate of drug-likeness (QED) is 0.530. The molecule has 0 aliphatic heterocycles. The van der Waals surface area contributed by atoms with Crippen LogP contribution in [0.1, 0.15) is 57.9 Å². The van der Waals surface area contributed by atoms with Gasteiger partial charge in [0.1, 0.15) is 0 Å². The smallest absolute Gasteiger partial charge is 0.0547 e. The molecular weight excluding hydrogens is 228 g/mol. The predicted octanol–water partition coefficient (Wildman–Crippen LogP) is 5.06. The second-order valence-electron chi connectivity index (χ2n) is 4.77. The van der Waals surface area contributed by atoms with Crippen molar-refractivity contribution in [2.75, 3.05) is 6.61 Å². The summed E-state index contributed by atoms with van der Waals surface area (Å²) in [6.07, 6.45) is 9.48. The van der Waals surface area contributed by atoms with Gasteiger partial charge in [0.15, 0.2) is 0 Å². The molecule has 17 heavy (non-hydrogen) atoms. The van der Waals surface area contributed by atoms with Gasteiger partial charge < -0.3 is 4.74 Å². The highest BCUT2D eigenvalue weighted by Crippen LogP contribution is 2.11. The Balaban J connectivity index is 1.92. The second kappa shape index (κ2) is 9.67. The molecule has 0 saturated heterocycles. The molecule has 0 N–H and O–H groups in total. The molecule has 1 aromatic heterocycles. The molecule has 0 aromatic carbocycles. The summed E-state index contributed by atoms with van der Waals surface area (Å²) in [6.45, 7) is 5.33. The number of unbranched alkanes of at least 4 members (excludes halogenated alkanes) is 4. The van der Waals surface area contributed by atoms with Crippen LogP contribution in [0.15, 0.2) is 16.8 Å². The molecule has 1 nitrogen and oxygen atoms in total. The van der Waals surface area contributed by atoms with E-state index >= 15 is 0 Å². The van der Waals surface area contributed by atoms with E-state index in [9.17, 15) is 0 Å².